The number of rotatable bonds is 4. The summed E-state index contributed by atoms with van der Waals surface area (Å²) in [6.45, 7) is 6.08. The summed E-state index contributed by atoms with van der Waals surface area (Å²) < 4.78 is 7.02. The summed E-state index contributed by atoms with van der Waals surface area (Å²) in [5, 5.41) is 2.90. The first-order chi connectivity index (χ1) is 10.9. The average Bonchev–Trinajstić information content (AvgIpc) is 2.72. The van der Waals surface area contributed by atoms with Crippen molar-refractivity contribution >= 4 is 28.7 Å². The number of fused-ring (bicyclic) bond motifs is 1. The highest BCUT2D eigenvalue weighted by Crippen LogP contribution is 2.28. The van der Waals surface area contributed by atoms with Crippen LogP contribution in [0.3, 0.4) is 0 Å². The summed E-state index contributed by atoms with van der Waals surface area (Å²) in [5.74, 6) is 0.922. The molecule has 0 aromatic carbocycles. The molecule has 23 heavy (non-hydrogen) atoms. The fraction of sp³-hybridized carbons (Fsp3) is 0.353. The summed E-state index contributed by atoms with van der Waals surface area (Å²) in [6, 6.07) is 3.59. The van der Waals surface area contributed by atoms with Crippen LogP contribution in [0.1, 0.15) is 27.2 Å². The van der Waals surface area contributed by atoms with Crippen LogP contribution in [0, 0.1) is 5.41 Å². The second-order valence-corrected chi connectivity index (χ2v) is 6.70. The third-order valence-electron chi connectivity index (χ3n) is 3.42. The van der Waals surface area contributed by atoms with E-state index in [1.165, 1.54) is 0 Å². The first kappa shape index (κ1) is 15.3. The zero-order valence-corrected chi connectivity index (χ0v) is 13.8. The Balaban J connectivity index is 2.00. The van der Waals surface area contributed by atoms with Gasteiger partial charge < -0.3 is 4.74 Å². The number of imidazole rings is 1. The van der Waals surface area contributed by atoms with E-state index in [0.717, 1.165) is 5.70 Å². The summed E-state index contributed by atoms with van der Waals surface area (Å²) in [4.78, 5) is 21.2. The zero-order valence-electron chi connectivity index (χ0n) is 13.8. The molecule has 2 aromatic rings. The minimum atomic E-state index is -0.0853. The lowest BCUT2D eigenvalue weighted by Gasteiger charge is -2.18. The maximum atomic E-state index is 12.3. The number of hydrogen-bond acceptors (Lipinski definition) is 4. The molecular formula is C17H20N4O2. The highest BCUT2D eigenvalue weighted by Gasteiger charge is 2.21. The van der Waals surface area contributed by atoms with Gasteiger partial charge >= 0.3 is 0 Å². The van der Waals surface area contributed by atoms with Gasteiger partial charge in [0.05, 0.1) is 12.8 Å². The van der Waals surface area contributed by atoms with Gasteiger partial charge in [-0.2, -0.15) is 4.98 Å². The molecule has 6 nitrogen and oxygen atoms in total. The molecule has 0 atom stereocenters. The highest BCUT2D eigenvalue weighted by atomic mass is 16.5. The number of ether oxygens (including phenoxy) is 1. The summed E-state index contributed by atoms with van der Waals surface area (Å²) >= 11 is 0. The van der Waals surface area contributed by atoms with E-state index in [4.69, 9.17) is 4.74 Å². The van der Waals surface area contributed by atoms with Crippen LogP contribution in [0.5, 0.6) is 5.88 Å². The second kappa shape index (κ2) is 5.53. The average molecular weight is 312 g/mol. The van der Waals surface area contributed by atoms with E-state index >= 15 is 0 Å². The molecule has 0 bridgehead atoms. The molecule has 120 valence electrons. The molecule has 0 saturated carbocycles. The van der Waals surface area contributed by atoms with Crippen molar-refractivity contribution in [1.82, 2.24) is 14.5 Å². The van der Waals surface area contributed by atoms with E-state index in [-0.39, 0.29) is 11.3 Å². The zero-order chi connectivity index (χ0) is 16.6. The van der Waals surface area contributed by atoms with E-state index in [9.17, 15) is 4.79 Å². The number of nitrogens with one attached hydrogen (secondary N) is 1. The number of allylic oxidation sites excluding steroid dienone is 4. The van der Waals surface area contributed by atoms with Crippen molar-refractivity contribution in [1.29, 1.82) is 0 Å². The molecule has 3 rings (SSSR count). The van der Waals surface area contributed by atoms with E-state index in [1.54, 1.807) is 13.2 Å². The molecule has 0 unspecified atom stereocenters. The van der Waals surface area contributed by atoms with Crippen molar-refractivity contribution in [2.45, 2.75) is 27.2 Å². The van der Waals surface area contributed by atoms with Crippen LogP contribution >= 0.6 is 0 Å². The molecule has 1 aliphatic carbocycles. The highest BCUT2D eigenvalue weighted by molar-refractivity contribution is 5.93. The first-order valence-electron chi connectivity index (χ1n) is 7.49. The fourth-order valence-electron chi connectivity index (χ4n) is 2.36. The van der Waals surface area contributed by atoms with Gasteiger partial charge in [-0.3, -0.25) is 14.7 Å². The summed E-state index contributed by atoms with van der Waals surface area (Å²) in [5.41, 5.74) is 2.21. The molecule has 0 saturated heterocycles. The Bertz CT molecular complexity index is 825. The van der Waals surface area contributed by atoms with Gasteiger partial charge in [0, 0.05) is 12.5 Å². The van der Waals surface area contributed by atoms with Crippen LogP contribution in [0.2, 0.25) is 0 Å². The number of nitrogens with zero attached hydrogens (tertiary/aromatic N) is 3. The molecular weight excluding hydrogens is 292 g/mol. The minimum absolute atomic E-state index is 0.0649. The Kier molecular flexibility index (Phi) is 3.67. The molecule has 2 heterocycles. The fourth-order valence-corrected chi connectivity index (χ4v) is 2.36. The van der Waals surface area contributed by atoms with Gasteiger partial charge in [0.2, 0.25) is 17.7 Å². The maximum absolute atomic E-state index is 12.3. The van der Waals surface area contributed by atoms with Crippen LogP contribution in [0.25, 0.3) is 16.9 Å². The number of pyridine rings is 1. The molecule has 0 radical (unpaired) electrons. The first-order valence-corrected chi connectivity index (χ1v) is 7.49. The predicted molar refractivity (Wildman–Crippen MR) is 90.2 cm³/mol. The van der Waals surface area contributed by atoms with Gasteiger partial charge in [0.15, 0.2) is 5.65 Å². The maximum Gasteiger partial charge on any atom is 0.227 e. The van der Waals surface area contributed by atoms with Gasteiger partial charge in [0.25, 0.3) is 0 Å². The number of aromatic nitrogens is 3. The van der Waals surface area contributed by atoms with Crippen molar-refractivity contribution in [2.24, 2.45) is 5.41 Å². The lowest BCUT2D eigenvalue weighted by molar-refractivity contribution is -0.117. The van der Waals surface area contributed by atoms with Crippen LogP contribution in [0.4, 0.5) is 5.95 Å². The Morgan fingerprint density at radius 1 is 1.30 bits per heavy atom. The molecule has 6 heteroatoms. The normalized spacial score (nSPS) is 13.7. The molecule has 0 fully saturated rings. The van der Waals surface area contributed by atoms with E-state index in [2.05, 4.69) is 15.3 Å². The smallest absolute Gasteiger partial charge is 0.227 e. The third-order valence-corrected chi connectivity index (χ3v) is 3.42. The lowest BCUT2D eigenvalue weighted by atomic mass is 9.92. The topological polar surface area (TPSA) is 69.0 Å². The molecule has 1 amide bonds. The molecule has 0 spiro atoms. The van der Waals surface area contributed by atoms with Crippen molar-refractivity contribution in [3.8, 4) is 5.88 Å². The standard InChI is InChI=1S/C17H20N4O2/c1-17(2,3)10-13(22)19-16-18-12-8-9-14(23-4)20-15(12)21(16)11-6-5-7-11/h5-9H,10H2,1-4H3,(H,18,19,22). The van der Waals surface area contributed by atoms with Crippen LogP contribution < -0.4 is 10.1 Å². The van der Waals surface area contributed by atoms with Gasteiger partial charge in [-0.1, -0.05) is 26.8 Å². The van der Waals surface area contributed by atoms with E-state index in [0.29, 0.717) is 29.4 Å². The van der Waals surface area contributed by atoms with Crippen molar-refractivity contribution in [3.05, 3.63) is 30.4 Å². The van der Waals surface area contributed by atoms with Gasteiger partial charge in [-0.05, 0) is 23.6 Å². The van der Waals surface area contributed by atoms with Gasteiger partial charge in [-0.15, -0.1) is 0 Å². The summed E-state index contributed by atoms with van der Waals surface area (Å²) in [6.07, 6.45) is 6.24. The molecule has 1 aliphatic rings. The van der Waals surface area contributed by atoms with Gasteiger partial charge in [-0.25, -0.2) is 4.98 Å². The van der Waals surface area contributed by atoms with Crippen molar-refractivity contribution in [2.75, 3.05) is 12.4 Å². The minimum Gasteiger partial charge on any atom is -0.481 e. The van der Waals surface area contributed by atoms with Crippen molar-refractivity contribution in [3.63, 3.8) is 0 Å². The van der Waals surface area contributed by atoms with Gasteiger partial charge in [0.1, 0.15) is 5.52 Å². The monoisotopic (exact) mass is 312 g/mol. The van der Waals surface area contributed by atoms with Crippen LogP contribution in [-0.2, 0) is 4.79 Å². The molecule has 1 N–H and O–H groups in total. The molecule has 2 aromatic heterocycles. The lowest BCUT2D eigenvalue weighted by Crippen LogP contribution is -2.21. The third kappa shape index (κ3) is 3.11. The Hall–Kier alpha value is -2.63. The number of carbonyl (C=O) groups is 1. The number of carbonyl (C=O) groups excluding carboxylic acids is 1. The summed E-state index contributed by atoms with van der Waals surface area (Å²) in [7, 11) is 1.57. The van der Waals surface area contributed by atoms with E-state index in [1.807, 2.05) is 49.6 Å². The number of methoxy groups -OCH3 is 1. The Morgan fingerprint density at radius 2 is 2.04 bits per heavy atom. The van der Waals surface area contributed by atoms with E-state index < -0.39 is 0 Å². The molecule has 0 aliphatic heterocycles. The quantitative estimate of drug-likeness (QED) is 0.941. The number of amides is 1. The second-order valence-electron chi connectivity index (χ2n) is 6.70. The number of hydrogen-bond donors (Lipinski definition) is 1. The largest absolute Gasteiger partial charge is 0.481 e. The SMILES string of the molecule is COc1ccc2nc(NC(=O)CC(C)(C)C)n(C3=CC=C3)c2n1. The predicted octanol–water partition coefficient (Wildman–Crippen LogP) is 3.23. The van der Waals surface area contributed by atoms with Crippen LogP contribution in [-0.4, -0.2) is 27.6 Å². The van der Waals surface area contributed by atoms with Crippen molar-refractivity contribution < 1.29 is 9.53 Å². The number of anilines is 1. The Labute approximate surface area is 134 Å². The Morgan fingerprint density at radius 3 is 2.61 bits per heavy atom. The van der Waals surface area contributed by atoms with Crippen LogP contribution in [0.15, 0.2) is 30.4 Å².